The van der Waals surface area contributed by atoms with Crippen LogP contribution in [-0.4, -0.2) is 25.7 Å². The standard InChI is InChI=1S/C13H17N3O3/c1-13(14,11(17)18)7-8-4-5-9-10(6-8)16(3)12(19)15(9)2/h4-6H,7,14H2,1-3H3,(H,17,18). The molecule has 6 heteroatoms. The highest BCUT2D eigenvalue weighted by molar-refractivity contribution is 5.80. The lowest BCUT2D eigenvalue weighted by atomic mass is 9.94. The third-order valence-corrected chi connectivity index (χ3v) is 3.40. The summed E-state index contributed by atoms with van der Waals surface area (Å²) in [6.07, 6.45) is 0.210. The van der Waals surface area contributed by atoms with Crippen molar-refractivity contribution in [2.75, 3.05) is 0 Å². The summed E-state index contributed by atoms with van der Waals surface area (Å²) in [6.45, 7) is 1.48. The number of hydrogen-bond acceptors (Lipinski definition) is 3. The number of carboxylic acids is 1. The van der Waals surface area contributed by atoms with Gasteiger partial charge in [-0.15, -0.1) is 0 Å². The second kappa shape index (κ2) is 4.24. The van der Waals surface area contributed by atoms with Crippen molar-refractivity contribution < 1.29 is 9.90 Å². The number of rotatable bonds is 3. The molecule has 0 saturated carbocycles. The Morgan fingerprint density at radius 2 is 1.89 bits per heavy atom. The summed E-state index contributed by atoms with van der Waals surface area (Å²) in [5.74, 6) is -1.05. The van der Waals surface area contributed by atoms with Crippen molar-refractivity contribution in [2.24, 2.45) is 19.8 Å². The van der Waals surface area contributed by atoms with Crippen molar-refractivity contribution in [3.8, 4) is 0 Å². The first-order valence-electron chi connectivity index (χ1n) is 5.90. The molecule has 1 atom stereocenters. The molecule has 0 aliphatic rings. The molecule has 1 heterocycles. The molecule has 2 rings (SSSR count). The van der Waals surface area contributed by atoms with E-state index in [1.807, 2.05) is 12.1 Å². The molecule has 0 saturated heterocycles. The van der Waals surface area contributed by atoms with Gasteiger partial charge in [-0.3, -0.25) is 13.9 Å². The number of nitrogens with two attached hydrogens (primary N) is 1. The van der Waals surface area contributed by atoms with Crippen LogP contribution >= 0.6 is 0 Å². The summed E-state index contributed by atoms with van der Waals surface area (Å²) >= 11 is 0. The number of aryl methyl sites for hydroxylation is 2. The zero-order valence-corrected chi connectivity index (χ0v) is 11.2. The molecule has 1 aromatic heterocycles. The van der Waals surface area contributed by atoms with Gasteiger partial charge in [0, 0.05) is 20.5 Å². The third kappa shape index (κ3) is 2.15. The van der Waals surface area contributed by atoms with Gasteiger partial charge in [0.25, 0.3) is 0 Å². The highest BCUT2D eigenvalue weighted by Crippen LogP contribution is 2.17. The van der Waals surface area contributed by atoms with Crippen LogP contribution in [0.15, 0.2) is 23.0 Å². The van der Waals surface area contributed by atoms with E-state index in [0.29, 0.717) is 0 Å². The summed E-state index contributed by atoms with van der Waals surface area (Å²) in [4.78, 5) is 22.8. The van der Waals surface area contributed by atoms with Gasteiger partial charge in [-0.05, 0) is 24.6 Å². The number of fused-ring (bicyclic) bond motifs is 1. The van der Waals surface area contributed by atoms with Gasteiger partial charge in [-0.1, -0.05) is 6.07 Å². The molecule has 0 aliphatic heterocycles. The van der Waals surface area contributed by atoms with Gasteiger partial charge in [-0.2, -0.15) is 0 Å². The number of hydrogen-bond donors (Lipinski definition) is 2. The van der Waals surface area contributed by atoms with E-state index in [4.69, 9.17) is 10.8 Å². The highest BCUT2D eigenvalue weighted by atomic mass is 16.4. The third-order valence-electron chi connectivity index (χ3n) is 3.40. The lowest BCUT2D eigenvalue weighted by Gasteiger charge is -2.19. The van der Waals surface area contributed by atoms with Crippen LogP contribution in [-0.2, 0) is 25.3 Å². The molecule has 6 nitrogen and oxygen atoms in total. The first-order valence-corrected chi connectivity index (χ1v) is 5.90. The van der Waals surface area contributed by atoms with E-state index in [-0.39, 0.29) is 12.1 Å². The zero-order chi connectivity index (χ0) is 14.4. The van der Waals surface area contributed by atoms with Crippen LogP contribution in [0.5, 0.6) is 0 Å². The summed E-state index contributed by atoms with van der Waals surface area (Å²) in [5, 5.41) is 9.03. The molecule has 0 aliphatic carbocycles. The van der Waals surface area contributed by atoms with Crippen molar-refractivity contribution in [1.29, 1.82) is 0 Å². The molecule has 0 amide bonds. The molecule has 1 unspecified atom stereocenters. The first-order chi connectivity index (χ1) is 8.74. The molecular formula is C13H17N3O3. The normalized spacial score (nSPS) is 14.5. The van der Waals surface area contributed by atoms with E-state index in [1.165, 1.54) is 11.5 Å². The largest absolute Gasteiger partial charge is 0.480 e. The molecule has 0 bridgehead atoms. The van der Waals surface area contributed by atoms with Crippen LogP contribution in [0.3, 0.4) is 0 Å². The van der Waals surface area contributed by atoms with Crippen LogP contribution < -0.4 is 11.4 Å². The van der Waals surface area contributed by atoms with E-state index in [2.05, 4.69) is 0 Å². The smallest absolute Gasteiger partial charge is 0.328 e. The van der Waals surface area contributed by atoms with E-state index in [0.717, 1.165) is 16.6 Å². The van der Waals surface area contributed by atoms with E-state index in [9.17, 15) is 9.59 Å². The average molecular weight is 263 g/mol. The van der Waals surface area contributed by atoms with Gasteiger partial charge in [0.15, 0.2) is 0 Å². The highest BCUT2D eigenvalue weighted by Gasteiger charge is 2.28. The number of carboxylic acid groups (broad SMARTS) is 1. The van der Waals surface area contributed by atoms with Crippen molar-refractivity contribution in [3.63, 3.8) is 0 Å². The minimum Gasteiger partial charge on any atom is -0.480 e. The average Bonchev–Trinajstić information content (AvgIpc) is 2.54. The van der Waals surface area contributed by atoms with Crippen molar-refractivity contribution in [3.05, 3.63) is 34.2 Å². The monoisotopic (exact) mass is 263 g/mol. The SMILES string of the molecule is Cn1c(=O)n(C)c2cc(CC(C)(N)C(=O)O)ccc21. The maximum Gasteiger partial charge on any atom is 0.328 e. The van der Waals surface area contributed by atoms with Crippen LogP contribution in [0, 0.1) is 0 Å². The molecule has 2 aromatic rings. The summed E-state index contributed by atoms with van der Waals surface area (Å²) < 4.78 is 3.09. The Kier molecular flexibility index (Phi) is 2.98. The van der Waals surface area contributed by atoms with Gasteiger partial charge in [-0.25, -0.2) is 4.79 Å². The molecule has 19 heavy (non-hydrogen) atoms. The molecule has 0 radical (unpaired) electrons. The van der Waals surface area contributed by atoms with Crippen LogP contribution in [0.25, 0.3) is 11.0 Å². The summed E-state index contributed by atoms with van der Waals surface area (Å²) in [7, 11) is 3.39. The molecule has 0 fully saturated rings. The minimum atomic E-state index is -1.32. The number of benzene rings is 1. The maximum absolute atomic E-state index is 11.8. The van der Waals surface area contributed by atoms with Crippen molar-refractivity contribution in [2.45, 2.75) is 18.9 Å². The number of imidazole rings is 1. The number of carbonyl (C=O) groups is 1. The lowest BCUT2D eigenvalue weighted by Crippen LogP contribution is -2.46. The van der Waals surface area contributed by atoms with Gasteiger partial charge in [0.05, 0.1) is 11.0 Å². The Balaban J connectivity index is 2.51. The lowest BCUT2D eigenvalue weighted by molar-refractivity contribution is -0.142. The van der Waals surface area contributed by atoms with Crippen LogP contribution in [0.1, 0.15) is 12.5 Å². The summed E-state index contributed by atoms with van der Waals surface area (Å²) in [5.41, 5.74) is 6.68. The van der Waals surface area contributed by atoms with Gasteiger partial charge in [0.1, 0.15) is 5.54 Å². The fourth-order valence-electron chi connectivity index (χ4n) is 2.16. The molecule has 1 aromatic carbocycles. The molecule has 0 spiro atoms. The maximum atomic E-state index is 11.8. The zero-order valence-electron chi connectivity index (χ0n) is 11.2. The number of aromatic nitrogens is 2. The topological polar surface area (TPSA) is 90.3 Å². The summed E-state index contributed by atoms with van der Waals surface area (Å²) in [6, 6.07) is 5.42. The van der Waals surface area contributed by atoms with E-state index in [1.54, 1.807) is 24.7 Å². The quantitative estimate of drug-likeness (QED) is 0.829. The van der Waals surface area contributed by atoms with Crippen LogP contribution in [0.4, 0.5) is 0 Å². The van der Waals surface area contributed by atoms with Gasteiger partial charge < -0.3 is 10.8 Å². The van der Waals surface area contributed by atoms with E-state index < -0.39 is 11.5 Å². The fourth-order valence-corrected chi connectivity index (χ4v) is 2.16. The van der Waals surface area contributed by atoms with Gasteiger partial charge >= 0.3 is 11.7 Å². The Morgan fingerprint density at radius 3 is 2.47 bits per heavy atom. The number of nitrogens with zero attached hydrogens (tertiary/aromatic N) is 2. The number of aliphatic carboxylic acids is 1. The van der Waals surface area contributed by atoms with Crippen LogP contribution in [0.2, 0.25) is 0 Å². The Labute approximate surface area is 110 Å². The second-order valence-electron chi connectivity index (χ2n) is 5.12. The van der Waals surface area contributed by atoms with Crippen molar-refractivity contribution >= 4 is 17.0 Å². The fraction of sp³-hybridized carbons (Fsp3) is 0.385. The first kappa shape index (κ1) is 13.4. The minimum absolute atomic E-state index is 0.110. The Bertz CT molecular complexity index is 710. The van der Waals surface area contributed by atoms with E-state index >= 15 is 0 Å². The van der Waals surface area contributed by atoms with Crippen molar-refractivity contribution in [1.82, 2.24) is 9.13 Å². The Hall–Kier alpha value is -2.08. The predicted molar refractivity (Wildman–Crippen MR) is 72.1 cm³/mol. The molecular weight excluding hydrogens is 246 g/mol. The molecule has 3 N–H and O–H groups in total. The second-order valence-corrected chi connectivity index (χ2v) is 5.12. The van der Waals surface area contributed by atoms with Gasteiger partial charge in [0.2, 0.25) is 0 Å². The molecule has 102 valence electrons. The predicted octanol–water partition coefficient (Wildman–Crippen LogP) is 0.222. The Morgan fingerprint density at radius 1 is 1.32 bits per heavy atom.